The number of benzene rings is 1. The molecule has 4 heteroatoms. The molecule has 2 rings (SSSR count). The quantitative estimate of drug-likeness (QED) is 0.402. The summed E-state index contributed by atoms with van der Waals surface area (Å²) in [4.78, 5) is 8.06. The molecular weight excluding hydrogens is 291 g/mol. The number of oxime groups is 1. The molecule has 1 aromatic heterocycles. The topological polar surface area (TPSA) is 37.4 Å². The van der Waals surface area contributed by atoms with Gasteiger partial charge in [-0.2, -0.15) is 0 Å². The first-order valence-electron chi connectivity index (χ1n) is 4.19. The largest absolute Gasteiger partial charge is 0.385 e. The highest BCUT2D eigenvalue weighted by atomic mass is 127. The van der Waals surface area contributed by atoms with E-state index < -0.39 is 0 Å². The smallest absolute Gasteiger partial charge is 0.167 e. The predicted molar refractivity (Wildman–Crippen MR) is 65.9 cm³/mol. The van der Waals surface area contributed by atoms with Crippen molar-refractivity contribution < 1.29 is 4.84 Å². The SMILES string of the molecule is ICO/N=C/c1c[nH]c2ccccc12. The summed E-state index contributed by atoms with van der Waals surface area (Å²) in [6.45, 7) is 0. The van der Waals surface area contributed by atoms with Crippen molar-refractivity contribution in [3.8, 4) is 0 Å². The average molecular weight is 300 g/mol. The van der Waals surface area contributed by atoms with Crippen LogP contribution in [0.3, 0.4) is 0 Å². The first kappa shape index (κ1) is 9.51. The number of H-pyrrole nitrogens is 1. The van der Waals surface area contributed by atoms with E-state index in [1.54, 1.807) is 6.21 Å². The molecule has 0 fully saturated rings. The van der Waals surface area contributed by atoms with Gasteiger partial charge in [-0.3, -0.25) is 0 Å². The van der Waals surface area contributed by atoms with Crippen LogP contribution >= 0.6 is 22.6 Å². The second kappa shape index (κ2) is 4.45. The Labute approximate surface area is 95.3 Å². The van der Waals surface area contributed by atoms with Crippen molar-refractivity contribution in [3.05, 3.63) is 36.0 Å². The molecule has 1 N–H and O–H groups in total. The van der Waals surface area contributed by atoms with E-state index in [-0.39, 0.29) is 0 Å². The third kappa shape index (κ3) is 1.89. The van der Waals surface area contributed by atoms with Gasteiger partial charge in [-0.25, -0.2) is 0 Å². The predicted octanol–water partition coefficient (Wildman–Crippen LogP) is 2.91. The van der Waals surface area contributed by atoms with Crippen LogP contribution in [-0.4, -0.2) is 15.8 Å². The Kier molecular flexibility index (Phi) is 3.03. The van der Waals surface area contributed by atoms with E-state index in [0.29, 0.717) is 4.61 Å². The fourth-order valence-corrected chi connectivity index (χ4v) is 1.48. The molecule has 0 atom stereocenters. The van der Waals surface area contributed by atoms with Gasteiger partial charge in [0.2, 0.25) is 0 Å². The van der Waals surface area contributed by atoms with E-state index >= 15 is 0 Å². The monoisotopic (exact) mass is 300 g/mol. The summed E-state index contributed by atoms with van der Waals surface area (Å²) < 4.78 is 0.566. The maximum Gasteiger partial charge on any atom is 0.167 e. The van der Waals surface area contributed by atoms with Gasteiger partial charge in [-0.05, 0) is 28.7 Å². The number of hydrogen-bond donors (Lipinski definition) is 1. The number of nitrogens with zero attached hydrogens (tertiary/aromatic N) is 1. The lowest BCUT2D eigenvalue weighted by molar-refractivity contribution is 0.207. The maximum absolute atomic E-state index is 4.90. The molecule has 0 unspecified atom stereocenters. The molecule has 14 heavy (non-hydrogen) atoms. The van der Waals surface area contributed by atoms with E-state index in [1.165, 1.54) is 0 Å². The summed E-state index contributed by atoms with van der Waals surface area (Å²) in [7, 11) is 0. The van der Waals surface area contributed by atoms with Crippen LogP contribution in [-0.2, 0) is 4.84 Å². The third-order valence-corrected chi connectivity index (χ3v) is 2.21. The second-order valence-electron chi connectivity index (χ2n) is 2.76. The summed E-state index contributed by atoms with van der Waals surface area (Å²) in [5, 5.41) is 4.99. The standard InChI is InChI=1S/C10H9IN2O/c11-7-14-13-6-8-5-12-10-4-2-1-3-9(8)10/h1-6,12H,7H2/b13-6+. The summed E-state index contributed by atoms with van der Waals surface area (Å²) in [5.74, 6) is 0. The number of halogens is 1. The first-order chi connectivity index (χ1) is 6.92. The van der Waals surface area contributed by atoms with Crippen LogP contribution in [0.15, 0.2) is 35.6 Å². The zero-order chi connectivity index (χ0) is 9.80. The maximum atomic E-state index is 4.90. The van der Waals surface area contributed by atoms with Crippen molar-refractivity contribution in [2.75, 3.05) is 4.61 Å². The van der Waals surface area contributed by atoms with Crippen molar-refractivity contribution >= 4 is 39.7 Å². The Morgan fingerprint density at radius 2 is 2.29 bits per heavy atom. The van der Waals surface area contributed by atoms with Gasteiger partial charge in [0.15, 0.2) is 4.61 Å². The lowest BCUT2D eigenvalue weighted by Gasteiger charge is -1.90. The molecule has 0 aliphatic heterocycles. The molecule has 3 nitrogen and oxygen atoms in total. The van der Waals surface area contributed by atoms with Crippen LogP contribution in [0.4, 0.5) is 0 Å². The highest BCUT2D eigenvalue weighted by Gasteiger charge is 1.98. The average Bonchev–Trinajstić information content (AvgIpc) is 2.63. The molecule has 0 saturated carbocycles. The van der Waals surface area contributed by atoms with Gasteiger partial charge in [0.1, 0.15) is 0 Å². The van der Waals surface area contributed by atoms with E-state index in [4.69, 9.17) is 4.84 Å². The van der Waals surface area contributed by atoms with Crippen molar-refractivity contribution in [2.24, 2.45) is 5.16 Å². The van der Waals surface area contributed by atoms with E-state index in [1.807, 2.05) is 24.4 Å². The van der Waals surface area contributed by atoms with E-state index in [0.717, 1.165) is 16.5 Å². The molecule has 2 aromatic rings. The Morgan fingerprint density at radius 3 is 3.14 bits per heavy atom. The molecular formula is C10H9IN2O. The zero-order valence-electron chi connectivity index (χ0n) is 7.40. The fraction of sp³-hybridized carbons (Fsp3) is 0.100. The van der Waals surface area contributed by atoms with Gasteiger partial charge >= 0.3 is 0 Å². The van der Waals surface area contributed by atoms with E-state index in [2.05, 4.69) is 38.8 Å². The molecule has 0 aliphatic rings. The zero-order valence-corrected chi connectivity index (χ0v) is 9.56. The molecule has 0 spiro atoms. The number of alkyl halides is 1. The van der Waals surface area contributed by atoms with Gasteiger partial charge in [0.05, 0.1) is 6.21 Å². The van der Waals surface area contributed by atoms with Gasteiger partial charge in [0.25, 0.3) is 0 Å². The lowest BCUT2D eigenvalue weighted by Crippen LogP contribution is -1.80. The van der Waals surface area contributed by atoms with Crippen molar-refractivity contribution in [1.29, 1.82) is 0 Å². The number of hydrogen-bond acceptors (Lipinski definition) is 2. The van der Waals surface area contributed by atoms with Crippen LogP contribution in [0, 0.1) is 0 Å². The molecule has 0 aliphatic carbocycles. The Morgan fingerprint density at radius 1 is 1.43 bits per heavy atom. The molecule has 72 valence electrons. The number of nitrogens with one attached hydrogen (secondary N) is 1. The van der Waals surface area contributed by atoms with Gasteiger partial charge < -0.3 is 9.82 Å². The van der Waals surface area contributed by atoms with Gasteiger partial charge in [-0.15, -0.1) is 0 Å². The number of aromatic nitrogens is 1. The molecule has 0 amide bonds. The minimum Gasteiger partial charge on any atom is -0.385 e. The lowest BCUT2D eigenvalue weighted by atomic mass is 10.2. The summed E-state index contributed by atoms with van der Waals surface area (Å²) in [6.07, 6.45) is 3.64. The minimum absolute atomic E-state index is 0.566. The van der Waals surface area contributed by atoms with Gasteiger partial charge in [0, 0.05) is 22.7 Å². The summed E-state index contributed by atoms with van der Waals surface area (Å²) >= 11 is 2.10. The van der Waals surface area contributed by atoms with Crippen LogP contribution < -0.4 is 0 Å². The van der Waals surface area contributed by atoms with Gasteiger partial charge in [-0.1, -0.05) is 23.4 Å². The minimum atomic E-state index is 0.566. The van der Waals surface area contributed by atoms with Crippen molar-refractivity contribution in [2.45, 2.75) is 0 Å². The highest BCUT2D eigenvalue weighted by Crippen LogP contribution is 2.15. The normalized spacial score (nSPS) is 11.2. The molecule has 0 bridgehead atoms. The van der Waals surface area contributed by atoms with Crippen LogP contribution in [0.1, 0.15) is 5.56 Å². The molecule has 1 heterocycles. The number of rotatable bonds is 3. The first-order valence-corrected chi connectivity index (χ1v) is 5.72. The van der Waals surface area contributed by atoms with Crippen LogP contribution in [0.2, 0.25) is 0 Å². The van der Waals surface area contributed by atoms with Crippen LogP contribution in [0.5, 0.6) is 0 Å². The highest BCUT2D eigenvalue weighted by molar-refractivity contribution is 14.1. The fourth-order valence-electron chi connectivity index (χ4n) is 1.32. The molecule has 0 saturated heterocycles. The van der Waals surface area contributed by atoms with Crippen molar-refractivity contribution in [1.82, 2.24) is 4.98 Å². The second-order valence-corrected chi connectivity index (χ2v) is 3.39. The Bertz CT molecular complexity index is 450. The number of aromatic amines is 1. The Balaban J connectivity index is 2.34. The van der Waals surface area contributed by atoms with Crippen LogP contribution in [0.25, 0.3) is 10.9 Å². The summed E-state index contributed by atoms with van der Waals surface area (Å²) in [5.41, 5.74) is 2.16. The third-order valence-electron chi connectivity index (χ3n) is 1.94. The molecule has 1 aromatic carbocycles. The summed E-state index contributed by atoms with van der Waals surface area (Å²) in [6, 6.07) is 8.09. The Hall–Kier alpha value is -1.04. The molecule has 0 radical (unpaired) electrons. The van der Waals surface area contributed by atoms with Crippen molar-refractivity contribution in [3.63, 3.8) is 0 Å². The van der Waals surface area contributed by atoms with E-state index in [9.17, 15) is 0 Å². The number of para-hydroxylation sites is 1. The number of fused-ring (bicyclic) bond motifs is 1.